The summed E-state index contributed by atoms with van der Waals surface area (Å²) in [4.78, 5) is 18.8. The minimum Gasteiger partial charge on any atom is -0.466 e. The normalized spacial score (nSPS) is 21.4. The molecule has 2 aliphatic rings. The van der Waals surface area contributed by atoms with Crippen LogP contribution in [0.3, 0.4) is 0 Å². The zero-order chi connectivity index (χ0) is 14.1. The van der Waals surface area contributed by atoms with Crippen LogP contribution < -0.4 is 4.90 Å². The van der Waals surface area contributed by atoms with Crippen LogP contribution in [0.5, 0.6) is 0 Å². The number of carbonyl (C=O) groups is 1. The molecule has 1 fully saturated rings. The van der Waals surface area contributed by atoms with E-state index in [4.69, 9.17) is 4.74 Å². The van der Waals surface area contributed by atoms with Crippen LogP contribution in [0.15, 0.2) is 22.3 Å². The summed E-state index contributed by atoms with van der Waals surface area (Å²) in [5.41, 5.74) is 1.73. The third-order valence-electron chi connectivity index (χ3n) is 4.04. The molecule has 3 heterocycles. The number of rotatable bonds is 1. The van der Waals surface area contributed by atoms with Gasteiger partial charge in [0.1, 0.15) is 5.82 Å². The van der Waals surface area contributed by atoms with Crippen molar-refractivity contribution in [3.05, 3.63) is 27.9 Å². The number of anilines is 1. The van der Waals surface area contributed by atoms with Crippen molar-refractivity contribution >= 4 is 33.8 Å². The highest BCUT2D eigenvalue weighted by Crippen LogP contribution is 2.35. The molecule has 0 spiro atoms. The summed E-state index contributed by atoms with van der Waals surface area (Å²) in [7, 11) is 1.43. The topological polar surface area (TPSA) is 42.4 Å². The molecule has 0 saturated carbocycles. The van der Waals surface area contributed by atoms with Gasteiger partial charge < -0.3 is 9.64 Å². The number of fused-ring (bicyclic) bond motifs is 3. The second kappa shape index (κ2) is 5.56. The Morgan fingerprint density at radius 1 is 1.50 bits per heavy atom. The lowest BCUT2D eigenvalue weighted by Crippen LogP contribution is -2.31. The third-order valence-corrected chi connectivity index (χ3v) is 4.47. The number of halogens is 1. The first-order valence-corrected chi connectivity index (χ1v) is 7.69. The second-order valence-corrected chi connectivity index (χ2v) is 6.17. The summed E-state index contributed by atoms with van der Waals surface area (Å²) in [6.45, 7) is 1.05. The molecule has 0 N–H and O–H groups in total. The second-order valence-electron chi connectivity index (χ2n) is 5.26. The molecular weight excluding hydrogens is 320 g/mol. The monoisotopic (exact) mass is 336 g/mol. The Labute approximate surface area is 127 Å². The molecule has 0 aromatic carbocycles. The van der Waals surface area contributed by atoms with Gasteiger partial charge in [-0.15, -0.1) is 0 Å². The summed E-state index contributed by atoms with van der Waals surface area (Å²) in [6.07, 6.45) is 7.86. The van der Waals surface area contributed by atoms with Gasteiger partial charge in [0.05, 0.1) is 7.11 Å². The number of ether oxygens (including phenoxy) is 1. The van der Waals surface area contributed by atoms with Gasteiger partial charge in [0, 0.05) is 34.4 Å². The van der Waals surface area contributed by atoms with E-state index in [9.17, 15) is 4.79 Å². The molecule has 0 amide bonds. The van der Waals surface area contributed by atoms with Crippen molar-refractivity contribution in [1.82, 2.24) is 4.98 Å². The molecule has 0 aliphatic carbocycles. The largest absolute Gasteiger partial charge is 0.466 e. The molecule has 1 aromatic rings. The van der Waals surface area contributed by atoms with Gasteiger partial charge in [-0.05, 0) is 53.8 Å². The SMILES string of the molecule is COC(=O)C1=Cc2cc(Br)cnc2N2CCC[C@H]2CC1. The van der Waals surface area contributed by atoms with Crippen LogP contribution in [0, 0.1) is 0 Å². The molecule has 3 rings (SSSR count). The van der Waals surface area contributed by atoms with Gasteiger partial charge in [0.2, 0.25) is 0 Å². The molecule has 106 valence electrons. The minimum absolute atomic E-state index is 0.234. The lowest BCUT2D eigenvalue weighted by Gasteiger charge is -2.29. The predicted molar refractivity (Wildman–Crippen MR) is 81.5 cm³/mol. The molecular formula is C15H17BrN2O2. The lowest BCUT2D eigenvalue weighted by atomic mass is 9.99. The van der Waals surface area contributed by atoms with Crippen molar-refractivity contribution in [2.75, 3.05) is 18.6 Å². The standard InChI is InChI=1S/C15H17BrN2O2/c1-20-15(19)10-4-5-13-3-2-6-18(13)14-11(7-10)8-12(16)9-17-14/h7-9,13H,2-6H2,1H3/t13-/m0/s1. The number of carbonyl (C=O) groups excluding carboxylic acids is 1. The minimum atomic E-state index is -0.234. The van der Waals surface area contributed by atoms with Crippen molar-refractivity contribution in [2.24, 2.45) is 0 Å². The first-order chi connectivity index (χ1) is 9.69. The Morgan fingerprint density at radius 2 is 2.35 bits per heavy atom. The smallest absolute Gasteiger partial charge is 0.333 e. The van der Waals surface area contributed by atoms with Crippen LogP contribution in [0.1, 0.15) is 31.2 Å². The van der Waals surface area contributed by atoms with Gasteiger partial charge in [-0.3, -0.25) is 0 Å². The first-order valence-electron chi connectivity index (χ1n) is 6.90. The van der Waals surface area contributed by atoms with Crippen molar-refractivity contribution < 1.29 is 9.53 Å². The fourth-order valence-corrected chi connectivity index (χ4v) is 3.43. The predicted octanol–water partition coefficient (Wildman–Crippen LogP) is 3.16. The van der Waals surface area contributed by atoms with Gasteiger partial charge in [0.15, 0.2) is 0 Å². The van der Waals surface area contributed by atoms with Crippen molar-refractivity contribution in [1.29, 1.82) is 0 Å². The van der Waals surface area contributed by atoms with Crippen LogP contribution in [-0.2, 0) is 9.53 Å². The molecule has 0 bridgehead atoms. The third kappa shape index (κ3) is 2.46. The van der Waals surface area contributed by atoms with Crippen molar-refractivity contribution in [3.63, 3.8) is 0 Å². The Morgan fingerprint density at radius 3 is 3.15 bits per heavy atom. The lowest BCUT2D eigenvalue weighted by molar-refractivity contribution is -0.136. The maximum Gasteiger partial charge on any atom is 0.333 e. The highest BCUT2D eigenvalue weighted by molar-refractivity contribution is 9.10. The molecule has 1 saturated heterocycles. The Hall–Kier alpha value is -1.36. The fraction of sp³-hybridized carbons (Fsp3) is 0.467. The van der Waals surface area contributed by atoms with Gasteiger partial charge >= 0.3 is 5.97 Å². The Balaban J connectivity index is 2.09. The van der Waals surface area contributed by atoms with Gasteiger partial charge in [-0.25, -0.2) is 9.78 Å². The average Bonchev–Trinajstić information content (AvgIpc) is 2.88. The zero-order valence-electron chi connectivity index (χ0n) is 11.4. The van der Waals surface area contributed by atoms with Gasteiger partial charge in [-0.1, -0.05) is 0 Å². The summed E-state index contributed by atoms with van der Waals surface area (Å²) in [5.74, 6) is 0.749. The van der Waals surface area contributed by atoms with E-state index in [2.05, 4.69) is 25.8 Å². The van der Waals surface area contributed by atoms with Crippen molar-refractivity contribution in [3.8, 4) is 0 Å². The summed E-state index contributed by atoms with van der Waals surface area (Å²) in [5, 5.41) is 0. The van der Waals surface area contributed by atoms with E-state index >= 15 is 0 Å². The number of hydrogen-bond donors (Lipinski definition) is 0. The number of aromatic nitrogens is 1. The van der Waals surface area contributed by atoms with E-state index in [0.29, 0.717) is 6.04 Å². The van der Waals surface area contributed by atoms with Crippen LogP contribution in [0.4, 0.5) is 5.82 Å². The molecule has 1 atom stereocenters. The van der Waals surface area contributed by atoms with Crippen LogP contribution >= 0.6 is 15.9 Å². The quantitative estimate of drug-likeness (QED) is 0.739. The van der Waals surface area contributed by atoms with E-state index in [0.717, 1.165) is 40.8 Å². The maximum atomic E-state index is 11.9. The molecule has 5 heteroatoms. The van der Waals surface area contributed by atoms with Gasteiger partial charge in [0.25, 0.3) is 0 Å². The molecule has 4 nitrogen and oxygen atoms in total. The number of methoxy groups -OCH3 is 1. The first kappa shape index (κ1) is 13.6. The number of nitrogens with zero attached hydrogens (tertiary/aromatic N) is 2. The highest BCUT2D eigenvalue weighted by Gasteiger charge is 2.29. The van der Waals surface area contributed by atoms with E-state index in [1.165, 1.54) is 20.0 Å². The van der Waals surface area contributed by atoms with Crippen LogP contribution in [-0.4, -0.2) is 30.6 Å². The molecule has 20 heavy (non-hydrogen) atoms. The van der Waals surface area contributed by atoms with E-state index < -0.39 is 0 Å². The molecule has 2 aliphatic heterocycles. The van der Waals surface area contributed by atoms with Crippen molar-refractivity contribution in [2.45, 2.75) is 31.7 Å². The fourth-order valence-electron chi connectivity index (χ4n) is 3.08. The highest BCUT2D eigenvalue weighted by atomic mass is 79.9. The number of hydrogen-bond acceptors (Lipinski definition) is 4. The Kier molecular flexibility index (Phi) is 3.78. The van der Waals surface area contributed by atoms with Crippen LogP contribution in [0.25, 0.3) is 6.08 Å². The maximum absolute atomic E-state index is 11.9. The van der Waals surface area contributed by atoms with E-state index in [1.807, 2.05) is 18.3 Å². The average molecular weight is 337 g/mol. The number of esters is 1. The molecule has 1 aromatic heterocycles. The summed E-state index contributed by atoms with van der Waals surface area (Å²) < 4.78 is 5.81. The van der Waals surface area contributed by atoms with E-state index in [1.54, 1.807) is 0 Å². The van der Waals surface area contributed by atoms with E-state index in [-0.39, 0.29) is 5.97 Å². The van der Waals surface area contributed by atoms with Crippen LogP contribution in [0.2, 0.25) is 0 Å². The Bertz CT molecular complexity index is 571. The van der Waals surface area contributed by atoms with Gasteiger partial charge in [-0.2, -0.15) is 0 Å². The number of pyridine rings is 1. The zero-order valence-corrected chi connectivity index (χ0v) is 13.0. The molecule has 0 radical (unpaired) electrons. The molecule has 0 unspecified atom stereocenters. The summed E-state index contributed by atoms with van der Waals surface area (Å²) >= 11 is 3.46. The summed E-state index contributed by atoms with van der Waals surface area (Å²) in [6, 6.07) is 2.50.